The number of nitrogens with one attached hydrogen (secondary N) is 1. The Balaban J connectivity index is 2.40. The van der Waals surface area contributed by atoms with Crippen LogP contribution in [-0.2, 0) is 13.1 Å². The van der Waals surface area contributed by atoms with Gasteiger partial charge < -0.3 is 5.32 Å². The number of rotatable bonds is 0. The van der Waals surface area contributed by atoms with Gasteiger partial charge >= 0.3 is 0 Å². The van der Waals surface area contributed by atoms with Gasteiger partial charge in [0.1, 0.15) is 6.07 Å². The minimum absolute atomic E-state index is 0.408. The van der Waals surface area contributed by atoms with Gasteiger partial charge in [0.2, 0.25) is 0 Å². The van der Waals surface area contributed by atoms with Crippen molar-refractivity contribution in [2.45, 2.75) is 26.1 Å². The van der Waals surface area contributed by atoms with Gasteiger partial charge in [0.15, 0.2) is 5.69 Å². The van der Waals surface area contributed by atoms with Gasteiger partial charge in [0.25, 0.3) is 0 Å². The van der Waals surface area contributed by atoms with Crippen molar-refractivity contribution < 1.29 is 0 Å². The normalized spacial score (nSPS) is 21.5. The lowest BCUT2D eigenvalue weighted by Gasteiger charge is -2.20. The summed E-state index contributed by atoms with van der Waals surface area (Å²) in [5.41, 5.74) is 1.34. The number of aromatic nitrogens is 3. The SMILES string of the molecule is CC1Cn2nnc(C#N)c2CN1. The zero-order chi connectivity index (χ0) is 8.55. The van der Waals surface area contributed by atoms with Gasteiger partial charge in [-0.2, -0.15) is 5.26 Å². The molecule has 5 nitrogen and oxygen atoms in total. The second-order valence-electron chi connectivity index (χ2n) is 2.96. The molecule has 1 N–H and O–H groups in total. The van der Waals surface area contributed by atoms with E-state index < -0.39 is 0 Å². The largest absolute Gasteiger partial charge is 0.307 e. The Labute approximate surface area is 70.0 Å². The minimum atomic E-state index is 0.408. The summed E-state index contributed by atoms with van der Waals surface area (Å²) in [5.74, 6) is 0. The van der Waals surface area contributed by atoms with Crippen molar-refractivity contribution in [2.24, 2.45) is 0 Å². The molecule has 0 spiro atoms. The zero-order valence-electron chi connectivity index (χ0n) is 6.78. The van der Waals surface area contributed by atoms with Crippen LogP contribution < -0.4 is 5.32 Å². The van der Waals surface area contributed by atoms with Crippen molar-refractivity contribution in [3.63, 3.8) is 0 Å². The van der Waals surface area contributed by atoms with Crippen LogP contribution in [0.25, 0.3) is 0 Å². The Hall–Kier alpha value is -1.41. The van der Waals surface area contributed by atoms with Crippen LogP contribution in [0.4, 0.5) is 0 Å². The first-order valence-electron chi connectivity index (χ1n) is 3.87. The van der Waals surface area contributed by atoms with E-state index in [1.54, 1.807) is 4.68 Å². The molecule has 0 saturated carbocycles. The van der Waals surface area contributed by atoms with Crippen LogP contribution in [0.5, 0.6) is 0 Å². The molecule has 12 heavy (non-hydrogen) atoms. The molecule has 0 radical (unpaired) electrons. The lowest BCUT2D eigenvalue weighted by atomic mass is 10.2. The predicted molar refractivity (Wildman–Crippen MR) is 41.0 cm³/mol. The molecule has 2 heterocycles. The van der Waals surface area contributed by atoms with Crippen LogP contribution >= 0.6 is 0 Å². The Kier molecular flexibility index (Phi) is 1.55. The monoisotopic (exact) mass is 163 g/mol. The average Bonchev–Trinajstić information content (AvgIpc) is 2.46. The number of hydrogen-bond donors (Lipinski definition) is 1. The Morgan fingerprint density at radius 3 is 3.33 bits per heavy atom. The van der Waals surface area contributed by atoms with E-state index in [1.165, 1.54) is 0 Å². The van der Waals surface area contributed by atoms with Crippen LogP contribution in [0, 0.1) is 11.3 Å². The molecule has 1 aromatic rings. The van der Waals surface area contributed by atoms with E-state index in [4.69, 9.17) is 5.26 Å². The number of hydrogen-bond acceptors (Lipinski definition) is 4. The maximum atomic E-state index is 8.65. The van der Waals surface area contributed by atoms with Gasteiger partial charge in [-0.15, -0.1) is 5.10 Å². The van der Waals surface area contributed by atoms with Gasteiger partial charge in [0, 0.05) is 12.6 Å². The molecule has 1 atom stereocenters. The van der Waals surface area contributed by atoms with E-state index in [0.717, 1.165) is 12.2 Å². The first-order chi connectivity index (χ1) is 5.81. The maximum Gasteiger partial charge on any atom is 0.187 e. The van der Waals surface area contributed by atoms with Crippen molar-refractivity contribution in [3.05, 3.63) is 11.4 Å². The molecular formula is C7H9N5. The standard InChI is InChI=1S/C7H9N5/c1-5-4-12-7(3-9-5)6(2-8)10-11-12/h5,9H,3-4H2,1H3. The molecule has 0 aromatic carbocycles. The Morgan fingerprint density at radius 1 is 1.75 bits per heavy atom. The smallest absolute Gasteiger partial charge is 0.187 e. The summed E-state index contributed by atoms with van der Waals surface area (Å²) >= 11 is 0. The van der Waals surface area contributed by atoms with Crippen molar-refractivity contribution in [1.82, 2.24) is 20.3 Å². The lowest BCUT2D eigenvalue weighted by molar-refractivity contribution is 0.384. The first kappa shape index (κ1) is 7.25. The highest BCUT2D eigenvalue weighted by molar-refractivity contribution is 5.25. The van der Waals surface area contributed by atoms with Gasteiger partial charge in [-0.3, -0.25) is 0 Å². The summed E-state index contributed by atoms with van der Waals surface area (Å²) in [5, 5.41) is 19.5. The summed E-state index contributed by atoms with van der Waals surface area (Å²) in [7, 11) is 0. The van der Waals surface area contributed by atoms with Crippen LogP contribution in [0.2, 0.25) is 0 Å². The number of fused-ring (bicyclic) bond motifs is 1. The highest BCUT2D eigenvalue weighted by Crippen LogP contribution is 2.09. The van der Waals surface area contributed by atoms with Crippen molar-refractivity contribution in [3.8, 4) is 6.07 Å². The molecule has 0 bridgehead atoms. The first-order valence-corrected chi connectivity index (χ1v) is 3.87. The molecule has 1 aromatic heterocycles. The third kappa shape index (κ3) is 0.970. The van der Waals surface area contributed by atoms with Crippen LogP contribution in [-0.4, -0.2) is 21.0 Å². The Bertz CT molecular complexity index is 334. The van der Waals surface area contributed by atoms with Crippen LogP contribution in [0.3, 0.4) is 0 Å². The molecule has 5 heteroatoms. The van der Waals surface area contributed by atoms with E-state index in [0.29, 0.717) is 18.3 Å². The van der Waals surface area contributed by atoms with Crippen LogP contribution in [0.1, 0.15) is 18.3 Å². The van der Waals surface area contributed by atoms with Crippen LogP contribution in [0.15, 0.2) is 0 Å². The maximum absolute atomic E-state index is 8.65. The van der Waals surface area contributed by atoms with E-state index in [1.807, 2.05) is 6.07 Å². The second-order valence-corrected chi connectivity index (χ2v) is 2.96. The van der Waals surface area contributed by atoms with E-state index >= 15 is 0 Å². The molecule has 2 rings (SSSR count). The predicted octanol–water partition coefficient (Wildman–Crippen LogP) is -0.359. The second kappa shape index (κ2) is 2.57. The van der Waals surface area contributed by atoms with Gasteiger partial charge in [-0.1, -0.05) is 5.21 Å². The molecule has 0 fully saturated rings. The average molecular weight is 163 g/mol. The molecule has 0 amide bonds. The molecular weight excluding hydrogens is 154 g/mol. The molecule has 0 saturated heterocycles. The van der Waals surface area contributed by atoms with E-state index in [2.05, 4.69) is 22.6 Å². The van der Waals surface area contributed by atoms with Crippen molar-refractivity contribution in [2.75, 3.05) is 0 Å². The summed E-state index contributed by atoms with van der Waals surface area (Å²) in [6, 6.07) is 2.42. The quantitative estimate of drug-likeness (QED) is 0.567. The molecule has 0 aliphatic carbocycles. The summed E-state index contributed by atoms with van der Waals surface area (Å²) in [6.45, 7) is 3.57. The number of nitriles is 1. The van der Waals surface area contributed by atoms with Gasteiger partial charge in [-0.05, 0) is 6.92 Å². The zero-order valence-corrected chi connectivity index (χ0v) is 6.78. The highest BCUT2D eigenvalue weighted by atomic mass is 15.4. The Morgan fingerprint density at radius 2 is 2.58 bits per heavy atom. The fourth-order valence-electron chi connectivity index (χ4n) is 1.34. The molecule has 1 unspecified atom stereocenters. The van der Waals surface area contributed by atoms with Gasteiger partial charge in [0.05, 0.1) is 12.2 Å². The summed E-state index contributed by atoms with van der Waals surface area (Å²) in [4.78, 5) is 0. The minimum Gasteiger partial charge on any atom is -0.307 e. The molecule has 62 valence electrons. The van der Waals surface area contributed by atoms with Crippen molar-refractivity contribution in [1.29, 1.82) is 5.26 Å². The third-order valence-electron chi connectivity index (χ3n) is 2.01. The fraction of sp³-hybridized carbons (Fsp3) is 0.571. The third-order valence-corrected chi connectivity index (χ3v) is 2.01. The summed E-state index contributed by atoms with van der Waals surface area (Å²) in [6.07, 6.45) is 0. The highest BCUT2D eigenvalue weighted by Gasteiger charge is 2.19. The van der Waals surface area contributed by atoms with Gasteiger partial charge in [-0.25, -0.2) is 4.68 Å². The summed E-state index contributed by atoms with van der Waals surface area (Å²) < 4.78 is 1.79. The number of nitrogens with zero attached hydrogens (tertiary/aromatic N) is 4. The fourth-order valence-corrected chi connectivity index (χ4v) is 1.34. The topological polar surface area (TPSA) is 66.5 Å². The van der Waals surface area contributed by atoms with Crippen molar-refractivity contribution >= 4 is 0 Å². The molecule has 1 aliphatic heterocycles. The van der Waals surface area contributed by atoms with E-state index in [-0.39, 0.29) is 0 Å². The van der Waals surface area contributed by atoms with E-state index in [9.17, 15) is 0 Å². The molecule has 1 aliphatic rings. The lowest BCUT2D eigenvalue weighted by Crippen LogP contribution is -2.36.